The first-order chi connectivity index (χ1) is 9.33. The molecule has 0 aliphatic rings. The molecule has 0 atom stereocenters. The van der Waals surface area contributed by atoms with Crippen LogP contribution in [0, 0.1) is 6.92 Å². The highest BCUT2D eigenvalue weighted by Crippen LogP contribution is 2.15. The zero-order valence-electron chi connectivity index (χ0n) is 10.7. The lowest BCUT2D eigenvalue weighted by atomic mass is 10.2. The van der Waals surface area contributed by atoms with E-state index in [2.05, 4.69) is 9.97 Å². The number of aromatic nitrogens is 2. The molecule has 0 saturated heterocycles. The van der Waals surface area contributed by atoms with Gasteiger partial charge >= 0.3 is 0 Å². The Morgan fingerprint density at radius 3 is 2.21 bits per heavy atom. The minimum atomic E-state index is 0.438. The molecule has 1 aromatic heterocycles. The van der Waals surface area contributed by atoms with Crippen LogP contribution in [-0.4, -0.2) is 9.97 Å². The average molecular weight is 250 g/mol. The van der Waals surface area contributed by atoms with Crippen LogP contribution in [0.3, 0.4) is 0 Å². The van der Waals surface area contributed by atoms with Gasteiger partial charge in [0.25, 0.3) is 0 Å². The summed E-state index contributed by atoms with van der Waals surface area (Å²) >= 11 is 0. The smallest absolute Gasteiger partial charge is 0.132 e. The zero-order valence-corrected chi connectivity index (χ0v) is 10.7. The third-order valence-corrected chi connectivity index (χ3v) is 2.96. The van der Waals surface area contributed by atoms with Crippen LogP contribution >= 0.6 is 0 Å². The van der Waals surface area contributed by atoms with Gasteiger partial charge in [0.15, 0.2) is 0 Å². The van der Waals surface area contributed by atoms with E-state index in [1.165, 1.54) is 0 Å². The Morgan fingerprint density at radius 2 is 1.47 bits per heavy atom. The fraction of sp³-hybridized carbons (Fsp3) is 0.125. The number of rotatable bonds is 3. The summed E-state index contributed by atoms with van der Waals surface area (Å²) in [6.07, 6.45) is 0. The minimum Gasteiger partial charge on any atom is -0.487 e. The molecule has 0 bridgehead atoms. The van der Waals surface area contributed by atoms with Gasteiger partial charge in [-0.15, -0.1) is 0 Å². The Kier molecular flexibility index (Phi) is 3.11. The summed E-state index contributed by atoms with van der Waals surface area (Å²) in [6, 6.07) is 17.6. The first kappa shape index (κ1) is 11.7. The summed E-state index contributed by atoms with van der Waals surface area (Å²) in [4.78, 5) is 9.15. The van der Waals surface area contributed by atoms with Crippen molar-refractivity contribution in [3.8, 4) is 5.75 Å². The zero-order chi connectivity index (χ0) is 13.1. The summed E-state index contributed by atoms with van der Waals surface area (Å²) in [5.41, 5.74) is 3.61. The van der Waals surface area contributed by atoms with E-state index in [0.29, 0.717) is 6.61 Å². The number of benzene rings is 2. The van der Waals surface area contributed by atoms with Gasteiger partial charge in [-0.25, -0.2) is 9.97 Å². The standard InChI is InChI=1S/C16H14N2O/c1-12-16(11-19-13-7-3-2-4-8-13)18-15-10-6-5-9-14(15)17-12/h2-10H,11H2,1H3. The SMILES string of the molecule is Cc1nc2ccccc2nc1COc1ccccc1. The molecule has 0 radical (unpaired) electrons. The van der Waals surface area contributed by atoms with Gasteiger partial charge in [0.05, 0.1) is 22.4 Å². The van der Waals surface area contributed by atoms with E-state index in [-0.39, 0.29) is 0 Å². The van der Waals surface area contributed by atoms with E-state index in [1.54, 1.807) is 0 Å². The van der Waals surface area contributed by atoms with Gasteiger partial charge in [0.1, 0.15) is 12.4 Å². The molecule has 1 heterocycles. The van der Waals surface area contributed by atoms with Crippen molar-refractivity contribution in [2.24, 2.45) is 0 Å². The minimum absolute atomic E-state index is 0.438. The van der Waals surface area contributed by atoms with Crippen LogP contribution in [0.1, 0.15) is 11.4 Å². The maximum absolute atomic E-state index is 5.72. The van der Waals surface area contributed by atoms with Gasteiger partial charge in [-0.3, -0.25) is 0 Å². The molecule has 3 nitrogen and oxygen atoms in total. The molecule has 0 aliphatic heterocycles. The highest BCUT2D eigenvalue weighted by atomic mass is 16.5. The normalized spacial score (nSPS) is 10.6. The van der Waals surface area contributed by atoms with Crippen molar-refractivity contribution in [3.63, 3.8) is 0 Å². The van der Waals surface area contributed by atoms with Gasteiger partial charge in [-0.1, -0.05) is 30.3 Å². The van der Waals surface area contributed by atoms with Crippen LogP contribution < -0.4 is 4.74 Å². The Hall–Kier alpha value is -2.42. The molecule has 0 spiro atoms. The van der Waals surface area contributed by atoms with Gasteiger partial charge in [-0.05, 0) is 31.2 Å². The molecular weight excluding hydrogens is 236 g/mol. The number of nitrogens with zero attached hydrogens (tertiary/aromatic N) is 2. The number of hydrogen-bond donors (Lipinski definition) is 0. The van der Waals surface area contributed by atoms with E-state index < -0.39 is 0 Å². The quantitative estimate of drug-likeness (QED) is 0.713. The van der Waals surface area contributed by atoms with Crippen molar-refractivity contribution in [1.82, 2.24) is 9.97 Å². The number of hydrogen-bond acceptors (Lipinski definition) is 3. The second-order valence-electron chi connectivity index (χ2n) is 4.35. The third kappa shape index (κ3) is 2.55. The highest BCUT2D eigenvalue weighted by molar-refractivity contribution is 5.74. The summed E-state index contributed by atoms with van der Waals surface area (Å²) < 4.78 is 5.72. The molecule has 3 rings (SSSR count). The van der Waals surface area contributed by atoms with E-state index in [4.69, 9.17) is 4.74 Å². The molecule has 3 heteroatoms. The molecule has 19 heavy (non-hydrogen) atoms. The predicted octanol–water partition coefficient (Wildman–Crippen LogP) is 3.52. The fourth-order valence-electron chi connectivity index (χ4n) is 1.93. The van der Waals surface area contributed by atoms with Crippen molar-refractivity contribution in [2.45, 2.75) is 13.5 Å². The summed E-state index contributed by atoms with van der Waals surface area (Å²) in [5, 5.41) is 0. The molecule has 0 aliphatic carbocycles. The van der Waals surface area contributed by atoms with E-state index in [0.717, 1.165) is 28.2 Å². The Bertz CT molecular complexity index is 695. The maximum atomic E-state index is 5.72. The van der Waals surface area contributed by atoms with Gasteiger partial charge < -0.3 is 4.74 Å². The molecule has 0 fully saturated rings. The highest BCUT2D eigenvalue weighted by Gasteiger charge is 2.05. The van der Waals surface area contributed by atoms with Crippen LogP contribution in [0.25, 0.3) is 11.0 Å². The van der Waals surface area contributed by atoms with Gasteiger partial charge in [-0.2, -0.15) is 0 Å². The first-order valence-electron chi connectivity index (χ1n) is 6.23. The second kappa shape index (κ2) is 5.06. The lowest BCUT2D eigenvalue weighted by molar-refractivity contribution is 0.300. The van der Waals surface area contributed by atoms with Crippen LogP contribution in [0.5, 0.6) is 5.75 Å². The number of aryl methyl sites for hydroxylation is 1. The van der Waals surface area contributed by atoms with Crippen LogP contribution in [0.2, 0.25) is 0 Å². The Labute approximate surface area is 111 Å². The first-order valence-corrected chi connectivity index (χ1v) is 6.23. The van der Waals surface area contributed by atoms with E-state index in [9.17, 15) is 0 Å². The molecule has 0 unspecified atom stereocenters. The lowest BCUT2D eigenvalue weighted by Crippen LogP contribution is -2.03. The van der Waals surface area contributed by atoms with Crippen molar-refractivity contribution in [1.29, 1.82) is 0 Å². The fourth-order valence-corrected chi connectivity index (χ4v) is 1.93. The second-order valence-corrected chi connectivity index (χ2v) is 4.35. The maximum Gasteiger partial charge on any atom is 0.132 e. The number of ether oxygens (including phenoxy) is 1. The third-order valence-electron chi connectivity index (χ3n) is 2.96. The topological polar surface area (TPSA) is 35.0 Å². The molecule has 94 valence electrons. The summed E-state index contributed by atoms with van der Waals surface area (Å²) in [7, 11) is 0. The predicted molar refractivity (Wildman–Crippen MR) is 75.0 cm³/mol. The Morgan fingerprint density at radius 1 is 0.842 bits per heavy atom. The number of para-hydroxylation sites is 3. The lowest BCUT2D eigenvalue weighted by Gasteiger charge is -2.08. The van der Waals surface area contributed by atoms with Crippen LogP contribution in [-0.2, 0) is 6.61 Å². The van der Waals surface area contributed by atoms with Gasteiger partial charge in [0, 0.05) is 0 Å². The molecular formula is C16H14N2O. The van der Waals surface area contributed by atoms with Crippen molar-refractivity contribution >= 4 is 11.0 Å². The van der Waals surface area contributed by atoms with E-state index >= 15 is 0 Å². The molecule has 0 saturated carbocycles. The van der Waals surface area contributed by atoms with Crippen molar-refractivity contribution in [3.05, 3.63) is 66.0 Å². The van der Waals surface area contributed by atoms with Crippen molar-refractivity contribution < 1.29 is 4.74 Å². The van der Waals surface area contributed by atoms with Crippen molar-refractivity contribution in [2.75, 3.05) is 0 Å². The van der Waals surface area contributed by atoms with Crippen LogP contribution in [0.15, 0.2) is 54.6 Å². The largest absolute Gasteiger partial charge is 0.487 e. The average Bonchev–Trinajstić information content (AvgIpc) is 2.46. The molecule has 0 N–H and O–H groups in total. The summed E-state index contributed by atoms with van der Waals surface area (Å²) in [5.74, 6) is 0.844. The molecule has 3 aromatic rings. The molecule has 0 amide bonds. The van der Waals surface area contributed by atoms with E-state index in [1.807, 2.05) is 61.5 Å². The van der Waals surface area contributed by atoms with Gasteiger partial charge in [0.2, 0.25) is 0 Å². The number of fused-ring (bicyclic) bond motifs is 1. The molecule has 2 aromatic carbocycles. The monoisotopic (exact) mass is 250 g/mol. The Balaban J connectivity index is 1.86. The summed E-state index contributed by atoms with van der Waals surface area (Å²) in [6.45, 7) is 2.40. The van der Waals surface area contributed by atoms with Crippen LogP contribution in [0.4, 0.5) is 0 Å².